The molecule has 5 heteroatoms. The highest BCUT2D eigenvalue weighted by Gasteiger charge is 2.20. The van der Waals surface area contributed by atoms with Gasteiger partial charge < -0.3 is 15.6 Å². The lowest BCUT2D eigenvalue weighted by Crippen LogP contribution is -2.19. The van der Waals surface area contributed by atoms with Gasteiger partial charge in [-0.2, -0.15) is 0 Å². The summed E-state index contributed by atoms with van der Waals surface area (Å²) in [7, 11) is 0. The Kier molecular flexibility index (Phi) is 3.36. The van der Waals surface area contributed by atoms with Crippen LogP contribution in [0.15, 0.2) is 22.7 Å². The molecule has 0 aliphatic carbocycles. The summed E-state index contributed by atoms with van der Waals surface area (Å²) in [5.41, 5.74) is 4.49. The number of aliphatic hydroxyl groups is 1. The van der Waals surface area contributed by atoms with Crippen LogP contribution < -0.4 is 10.5 Å². The third-order valence-electron chi connectivity index (χ3n) is 1.82. The maximum absolute atomic E-state index is 10.5. The molecule has 4 nitrogen and oxygen atoms in total. The molecular formula is C10H12BrNO3. The number of hydrogen-bond acceptors (Lipinski definition) is 3. The molecule has 1 aromatic carbocycles. The van der Waals surface area contributed by atoms with E-state index in [1.54, 1.807) is 32.0 Å². The number of benzene rings is 1. The fourth-order valence-electron chi connectivity index (χ4n) is 1.15. The molecule has 0 fully saturated rings. The third kappa shape index (κ3) is 3.21. The lowest BCUT2D eigenvalue weighted by atomic mass is 9.98. The second-order valence-electron chi connectivity index (χ2n) is 3.62. The van der Waals surface area contributed by atoms with E-state index < -0.39 is 11.7 Å². The van der Waals surface area contributed by atoms with Gasteiger partial charge in [0.1, 0.15) is 5.75 Å². The minimum atomic E-state index is -1.02. The van der Waals surface area contributed by atoms with Crippen molar-refractivity contribution in [2.45, 2.75) is 19.4 Å². The molecule has 0 bridgehead atoms. The zero-order valence-corrected chi connectivity index (χ0v) is 10.0. The molecule has 1 aromatic rings. The Morgan fingerprint density at radius 1 is 1.53 bits per heavy atom. The van der Waals surface area contributed by atoms with Crippen molar-refractivity contribution in [3.8, 4) is 5.75 Å². The van der Waals surface area contributed by atoms with Crippen molar-refractivity contribution in [2.75, 3.05) is 0 Å². The van der Waals surface area contributed by atoms with Crippen molar-refractivity contribution in [1.29, 1.82) is 0 Å². The number of halogens is 1. The highest BCUT2D eigenvalue weighted by molar-refractivity contribution is 9.10. The van der Waals surface area contributed by atoms with Crippen LogP contribution in [-0.4, -0.2) is 11.2 Å². The van der Waals surface area contributed by atoms with E-state index in [9.17, 15) is 9.90 Å². The average molecular weight is 274 g/mol. The molecule has 0 aliphatic heterocycles. The van der Waals surface area contributed by atoms with Crippen molar-refractivity contribution in [2.24, 2.45) is 5.73 Å². The highest BCUT2D eigenvalue weighted by Crippen LogP contribution is 2.31. The second-order valence-corrected chi connectivity index (χ2v) is 4.48. The number of nitrogens with two attached hydrogens (primary N) is 1. The quantitative estimate of drug-likeness (QED) is 0.867. The van der Waals surface area contributed by atoms with E-state index in [0.717, 1.165) is 4.47 Å². The summed E-state index contributed by atoms with van der Waals surface area (Å²) in [6.07, 6.45) is -0.876. The summed E-state index contributed by atoms with van der Waals surface area (Å²) in [6, 6.07) is 4.84. The number of primary amides is 1. The SMILES string of the molecule is CC(C)(O)c1cc(OC(N)=O)ccc1Br. The van der Waals surface area contributed by atoms with E-state index in [4.69, 9.17) is 10.5 Å². The molecule has 0 radical (unpaired) electrons. The molecular weight excluding hydrogens is 262 g/mol. The molecule has 0 atom stereocenters. The monoisotopic (exact) mass is 273 g/mol. The second kappa shape index (κ2) is 4.20. The first kappa shape index (κ1) is 12.0. The van der Waals surface area contributed by atoms with Crippen LogP contribution in [-0.2, 0) is 5.60 Å². The summed E-state index contributed by atoms with van der Waals surface area (Å²) < 4.78 is 5.45. The zero-order chi connectivity index (χ0) is 11.6. The van der Waals surface area contributed by atoms with E-state index in [0.29, 0.717) is 11.3 Å². The zero-order valence-electron chi connectivity index (χ0n) is 8.45. The van der Waals surface area contributed by atoms with Gasteiger partial charge >= 0.3 is 6.09 Å². The summed E-state index contributed by atoms with van der Waals surface area (Å²) in [5.74, 6) is 0.308. The Hall–Kier alpha value is -1.07. The first-order valence-corrected chi connectivity index (χ1v) is 5.09. The van der Waals surface area contributed by atoms with Gasteiger partial charge in [0.2, 0.25) is 0 Å². The molecule has 0 spiro atoms. The van der Waals surface area contributed by atoms with Crippen LogP contribution in [0.25, 0.3) is 0 Å². The number of amides is 1. The predicted molar refractivity (Wildman–Crippen MR) is 59.6 cm³/mol. The summed E-state index contributed by atoms with van der Waals surface area (Å²) in [4.78, 5) is 10.5. The fourth-order valence-corrected chi connectivity index (χ4v) is 1.88. The molecule has 0 aromatic heterocycles. The van der Waals surface area contributed by atoms with Crippen LogP contribution in [0.4, 0.5) is 4.79 Å². The van der Waals surface area contributed by atoms with Gasteiger partial charge in [0.15, 0.2) is 0 Å². The van der Waals surface area contributed by atoms with E-state index in [-0.39, 0.29) is 0 Å². The minimum Gasteiger partial charge on any atom is -0.410 e. The van der Waals surface area contributed by atoms with Crippen molar-refractivity contribution in [3.05, 3.63) is 28.2 Å². The molecule has 15 heavy (non-hydrogen) atoms. The summed E-state index contributed by atoms with van der Waals surface area (Å²) >= 11 is 3.30. The molecule has 0 saturated heterocycles. The van der Waals surface area contributed by atoms with Crippen LogP contribution >= 0.6 is 15.9 Å². The fraction of sp³-hybridized carbons (Fsp3) is 0.300. The number of ether oxygens (including phenoxy) is 1. The van der Waals surface area contributed by atoms with Gasteiger partial charge in [0.25, 0.3) is 0 Å². The van der Waals surface area contributed by atoms with Gasteiger partial charge in [-0.05, 0) is 32.0 Å². The Balaban J connectivity index is 3.11. The number of rotatable bonds is 2. The minimum absolute atomic E-state index is 0.308. The summed E-state index contributed by atoms with van der Waals surface area (Å²) in [5, 5.41) is 9.83. The van der Waals surface area contributed by atoms with Crippen molar-refractivity contribution < 1.29 is 14.6 Å². The van der Waals surface area contributed by atoms with Crippen LogP contribution in [0, 0.1) is 0 Å². The topological polar surface area (TPSA) is 72.6 Å². The number of carbonyl (C=O) groups is 1. The van der Waals surface area contributed by atoms with Crippen LogP contribution in [0.5, 0.6) is 5.75 Å². The number of hydrogen-bond donors (Lipinski definition) is 2. The average Bonchev–Trinajstić information content (AvgIpc) is 2.05. The van der Waals surface area contributed by atoms with Gasteiger partial charge in [-0.15, -0.1) is 0 Å². The molecule has 0 heterocycles. The molecule has 3 N–H and O–H groups in total. The maximum atomic E-state index is 10.5. The number of carbonyl (C=O) groups excluding carboxylic acids is 1. The van der Waals surface area contributed by atoms with Gasteiger partial charge in [-0.3, -0.25) is 0 Å². The molecule has 0 aliphatic rings. The van der Waals surface area contributed by atoms with E-state index in [2.05, 4.69) is 15.9 Å². The molecule has 0 unspecified atom stereocenters. The molecule has 1 rings (SSSR count). The summed E-state index contributed by atoms with van der Waals surface area (Å²) in [6.45, 7) is 3.28. The third-order valence-corrected chi connectivity index (χ3v) is 2.51. The Bertz CT molecular complexity index is 385. The van der Waals surface area contributed by atoms with E-state index >= 15 is 0 Å². The molecule has 1 amide bonds. The maximum Gasteiger partial charge on any atom is 0.409 e. The largest absolute Gasteiger partial charge is 0.410 e. The molecule has 82 valence electrons. The van der Waals surface area contributed by atoms with Crippen molar-refractivity contribution in [1.82, 2.24) is 0 Å². The molecule has 0 saturated carbocycles. The Morgan fingerprint density at radius 3 is 2.60 bits per heavy atom. The first-order chi connectivity index (χ1) is 6.80. The van der Waals surface area contributed by atoms with Crippen LogP contribution in [0.2, 0.25) is 0 Å². The van der Waals surface area contributed by atoms with Crippen LogP contribution in [0.3, 0.4) is 0 Å². The van der Waals surface area contributed by atoms with Crippen LogP contribution in [0.1, 0.15) is 19.4 Å². The normalized spacial score (nSPS) is 11.2. The van der Waals surface area contributed by atoms with Gasteiger partial charge in [0, 0.05) is 10.0 Å². The highest BCUT2D eigenvalue weighted by atomic mass is 79.9. The van der Waals surface area contributed by atoms with Gasteiger partial charge in [-0.1, -0.05) is 15.9 Å². The van der Waals surface area contributed by atoms with Crippen molar-refractivity contribution in [3.63, 3.8) is 0 Å². The van der Waals surface area contributed by atoms with Gasteiger partial charge in [0.05, 0.1) is 5.60 Å². The lowest BCUT2D eigenvalue weighted by molar-refractivity contribution is 0.0775. The smallest absolute Gasteiger partial charge is 0.409 e. The van der Waals surface area contributed by atoms with Crippen molar-refractivity contribution >= 4 is 22.0 Å². The standard InChI is InChI=1S/C10H12BrNO3/c1-10(2,14)7-5-6(15-9(12)13)3-4-8(7)11/h3-5,14H,1-2H3,(H2,12,13). The predicted octanol–water partition coefficient (Wildman–Crippen LogP) is 2.13. The lowest BCUT2D eigenvalue weighted by Gasteiger charge is -2.20. The van der Waals surface area contributed by atoms with E-state index in [1.807, 2.05) is 0 Å². The Morgan fingerprint density at radius 2 is 2.13 bits per heavy atom. The first-order valence-electron chi connectivity index (χ1n) is 4.30. The van der Waals surface area contributed by atoms with E-state index in [1.165, 1.54) is 0 Å². The van der Waals surface area contributed by atoms with Gasteiger partial charge in [-0.25, -0.2) is 4.79 Å². The Labute approximate surface area is 96.2 Å².